The first-order valence-corrected chi connectivity index (χ1v) is 8.21. The normalized spacial score (nSPS) is 30.0. The van der Waals surface area contributed by atoms with Gasteiger partial charge in [0, 0.05) is 17.9 Å². The molecule has 2 atom stereocenters. The van der Waals surface area contributed by atoms with Crippen LogP contribution in [0.5, 0.6) is 0 Å². The molecule has 2 nitrogen and oxygen atoms in total. The van der Waals surface area contributed by atoms with Gasteiger partial charge < -0.3 is 9.64 Å². The second-order valence-electron chi connectivity index (χ2n) is 5.97. The summed E-state index contributed by atoms with van der Waals surface area (Å²) in [6, 6.07) is 0.599. The Kier molecular flexibility index (Phi) is 4.90. The van der Waals surface area contributed by atoms with Crippen LogP contribution in [0.25, 0.3) is 0 Å². The molecule has 0 aromatic heterocycles. The summed E-state index contributed by atoms with van der Waals surface area (Å²) in [5, 5.41) is 1.04. The fourth-order valence-corrected chi connectivity index (χ4v) is 3.70. The van der Waals surface area contributed by atoms with Crippen molar-refractivity contribution in [2.75, 3.05) is 18.9 Å². The molecule has 2 aliphatic rings. The second kappa shape index (κ2) is 6.03. The van der Waals surface area contributed by atoms with Gasteiger partial charge in [-0.2, -0.15) is 0 Å². The Hall–Kier alpha value is 0.400. The molecule has 17 heavy (non-hydrogen) atoms. The Morgan fingerprint density at radius 2 is 2.00 bits per heavy atom. The summed E-state index contributed by atoms with van der Waals surface area (Å²) in [5.41, 5.74) is 0.279. The maximum atomic E-state index is 6.40. The fourth-order valence-electron chi connectivity index (χ4n) is 3.21. The lowest BCUT2D eigenvalue weighted by Gasteiger charge is -2.34. The zero-order valence-electron chi connectivity index (χ0n) is 11.3. The molecule has 0 aromatic rings. The van der Waals surface area contributed by atoms with Crippen molar-refractivity contribution < 1.29 is 4.74 Å². The SMILES string of the molecule is CC(CBr)N(C)CC1CCC2(CCCCC2)O1. The Balaban J connectivity index is 1.81. The molecular formula is C14H26BrNO. The number of hydrogen-bond acceptors (Lipinski definition) is 2. The Labute approximate surface area is 114 Å². The summed E-state index contributed by atoms with van der Waals surface area (Å²) < 4.78 is 6.40. The highest BCUT2D eigenvalue weighted by Crippen LogP contribution is 2.41. The molecule has 1 aliphatic heterocycles. The van der Waals surface area contributed by atoms with Crippen LogP contribution in [0.3, 0.4) is 0 Å². The number of hydrogen-bond donors (Lipinski definition) is 0. The van der Waals surface area contributed by atoms with E-state index >= 15 is 0 Å². The first-order chi connectivity index (χ1) is 8.15. The molecule has 2 fully saturated rings. The zero-order chi connectivity index (χ0) is 12.3. The zero-order valence-corrected chi connectivity index (χ0v) is 12.8. The fraction of sp³-hybridized carbons (Fsp3) is 1.00. The molecule has 0 amide bonds. The highest BCUT2D eigenvalue weighted by molar-refractivity contribution is 9.09. The number of nitrogens with zero attached hydrogens (tertiary/aromatic N) is 1. The van der Waals surface area contributed by atoms with Crippen LogP contribution in [-0.4, -0.2) is 41.6 Å². The summed E-state index contributed by atoms with van der Waals surface area (Å²) in [7, 11) is 2.21. The van der Waals surface area contributed by atoms with E-state index in [0.29, 0.717) is 12.1 Å². The van der Waals surface area contributed by atoms with Crippen LogP contribution in [0.1, 0.15) is 51.9 Å². The average Bonchev–Trinajstić information content (AvgIpc) is 2.72. The van der Waals surface area contributed by atoms with Crippen LogP contribution < -0.4 is 0 Å². The van der Waals surface area contributed by atoms with Gasteiger partial charge in [0.05, 0.1) is 11.7 Å². The summed E-state index contributed by atoms with van der Waals surface area (Å²) in [6.07, 6.45) is 9.81. The van der Waals surface area contributed by atoms with Gasteiger partial charge in [-0.3, -0.25) is 0 Å². The lowest BCUT2D eigenvalue weighted by atomic mass is 9.83. The van der Waals surface area contributed by atoms with Crippen molar-refractivity contribution in [1.29, 1.82) is 0 Å². The van der Waals surface area contributed by atoms with Gasteiger partial charge >= 0.3 is 0 Å². The van der Waals surface area contributed by atoms with Gasteiger partial charge in [0.15, 0.2) is 0 Å². The van der Waals surface area contributed by atoms with Gasteiger partial charge in [-0.1, -0.05) is 35.2 Å². The van der Waals surface area contributed by atoms with Crippen LogP contribution in [0, 0.1) is 0 Å². The van der Waals surface area contributed by atoms with E-state index in [1.54, 1.807) is 0 Å². The summed E-state index contributed by atoms with van der Waals surface area (Å²) >= 11 is 3.55. The first kappa shape index (κ1) is 13.8. The predicted molar refractivity (Wildman–Crippen MR) is 75.8 cm³/mol. The van der Waals surface area contributed by atoms with Gasteiger partial charge in [0.25, 0.3) is 0 Å². The average molecular weight is 304 g/mol. The maximum absolute atomic E-state index is 6.40. The predicted octanol–water partition coefficient (Wildman–Crippen LogP) is 3.58. The highest BCUT2D eigenvalue weighted by atomic mass is 79.9. The van der Waals surface area contributed by atoms with Crippen LogP contribution in [-0.2, 0) is 4.74 Å². The molecular weight excluding hydrogens is 278 g/mol. The monoisotopic (exact) mass is 303 g/mol. The van der Waals surface area contributed by atoms with Gasteiger partial charge in [0.1, 0.15) is 0 Å². The molecule has 0 radical (unpaired) electrons. The molecule has 1 saturated heterocycles. The van der Waals surface area contributed by atoms with E-state index in [9.17, 15) is 0 Å². The van der Waals surface area contributed by atoms with E-state index < -0.39 is 0 Å². The Morgan fingerprint density at radius 1 is 1.29 bits per heavy atom. The largest absolute Gasteiger partial charge is 0.370 e. The van der Waals surface area contributed by atoms with Gasteiger partial charge in [-0.15, -0.1) is 0 Å². The van der Waals surface area contributed by atoms with Crippen molar-refractivity contribution in [2.45, 2.75) is 69.6 Å². The minimum absolute atomic E-state index is 0.279. The highest BCUT2D eigenvalue weighted by Gasteiger charge is 2.40. The van der Waals surface area contributed by atoms with Gasteiger partial charge in [-0.05, 0) is 39.7 Å². The Bertz CT molecular complexity index is 240. The minimum atomic E-state index is 0.279. The van der Waals surface area contributed by atoms with Crippen molar-refractivity contribution in [3.63, 3.8) is 0 Å². The molecule has 100 valence electrons. The van der Waals surface area contributed by atoms with E-state index in [0.717, 1.165) is 11.9 Å². The van der Waals surface area contributed by atoms with Crippen LogP contribution in [0.4, 0.5) is 0 Å². The van der Waals surface area contributed by atoms with E-state index in [1.807, 2.05) is 0 Å². The van der Waals surface area contributed by atoms with Crippen molar-refractivity contribution in [3.05, 3.63) is 0 Å². The molecule has 2 unspecified atom stereocenters. The number of rotatable bonds is 4. The summed E-state index contributed by atoms with van der Waals surface area (Å²) in [5.74, 6) is 0. The topological polar surface area (TPSA) is 12.5 Å². The van der Waals surface area contributed by atoms with Crippen molar-refractivity contribution >= 4 is 15.9 Å². The van der Waals surface area contributed by atoms with Crippen molar-refractivity contribution in [1.82, 2.24) is 4.90 Å². The van der Waals surface area contributed by atoms with E-state index in [2.05, 4.69) is 34.8 Å². The van der Waals surface area contributed by atoms with Crippen LogP contribution >= 0.6 is 15.9 Å². The van der Waals surface area contributed by atoms with Crippen LogP contribution in [0.15, 0.2) is 0 Å². The molecule has 1 saturated carbocycles. The van der Waals surface area contributed by atoms with Crippen molar-refractivity contribution in [2.24, 2.45) is 0 Å². The molecule has 1 heterocycles. The van der Waals surface area contributed by atoms with E-state index in [4.69, 9.17) is 4.74 Å². The lowest BCUT2D eigenvalue weighted by Crippen LogP contribution is -2.39. The third kappa shape index (κ3) is 3.45. The molecule has 3 heteroatoms. The molecule has 1 spiro atoms. The molecule has 0 bridgehead atoms. The molecule has 2 rings (SSSR count). The number of ether oxygens (including phenoxy) is 1. The van der Waals surface area contributed by atoms with E-state index in [-0.39, 0.29) is 5.60 Å². The first-order valence-electron chi connectivity index (χ1n) is 7.09. The number of alkyl halides is 1. The lowest BCUT2D eigenvalue weighted by molar-refractivity contribution is -0.0717. The third-order valence-electron chi connectivity index (χ3n) is 4.57. The maximum Gasteiger partial charge on any atom is 0.0710 e. The smallest absolute Gasteiger partial charge is 0.0710 e. The van der Waals surface area contributed by atoms with Crippen molar-refractivity contribution in [3.8, 4) is 0 Å². The third-order valence-corrected chi connectivity index (χ3v) is 5.51. The molecule has 1 aliphatic carbocycles. The quantitative estimate of drug-likeness (QED) is 0.736. The van der Waals surface area contributed by atoms with Gasteiger partial charge in [-0.25, -0.2) is 0 Å². The molecule has 0 aromatic carbocycles. The Morgan fingerprint density at radius 3 is 2.65 bits per heavy atom. The van der Waals surface area contributed by atoms with Gasteiger partial charge in [0.2, 0.25) is 0 Å². The number of halogens is 1. The standard InChI is InChI=1S/C14H26BrNO/c1-12(10-15)16(2)11-13-6-9-14(17-13)7-4-3-5-8-14/h12-13H,3-11H2,1-2H3. The molecule has 0 N–H and O–H groups in total. The van der Waals surface area contributed by atoms with E-state index in [1.165, 1.54) is 44.9 Å². The number of likely N-dealkylation sites (N-methyl/N-ethyl adjacent to an activating group) is 1. The summed E-state index contributed by atoms with van der Waals surface area (Å²) in [6.45, 7) is 3.36. The second-order valence-corrected chi connectivity index (χ2v) is 6.61. The van der Waals surface area contributed by atoms with Crippen LogP contribution in [0.2, 0.25) is 0 Å². The summed E-state index contributed by atoms with van der Waals surface area (Å²) in [4.78, 5) is 2.42. The minimum Gasteiger partial charge on any atom is -0.370 e.